The van der Waals surface area contributed by atoms with Crippen molar-refractivity contribution in [1.29, 1.82) is 0 Å². The number of hydrogen-bond acceptors (Lipinski definition) is 5. The Hall–Kier alpha value is -2.08. The van der Waals surface area contributed by atoms with E-state index in [2.05, 4.69) is 9.59 Å². The molecule has 17 heavy (non-hydrogen) atoms. The molecule has 3 aromatic rings. The monoisotopic (exact) mass is 248 g/mol. The van der Waals surface area contributed by atoms with Gasteiger partial charge in [0.1, 0.15) is 16.3 Å². The third-order valence-electron chi connectivity index (χ3n) is 2.29. The van der Waals surface area contributed by atoms with Crippen molar-refractivity contribution in [2.75, 3.05) is 0 Å². The molecule has 0 aliphatic rings. The Bertz CT molecular complexity index is 691. The van der Waals surface area contributed by atoms with Gasteiger partial charge in [-0.25, -0.2) is 4.39 Å². The summed E-state index contributed by atoms with van der Waals surface area (Å²) in [7, 11) is 0. The predicted octanol–water partition coefficient (Wildman–Crippen LogP) is 2.65. The normalized spacial score (nSPS) is 10.9. The first-order valence-electron chi connectivity index (χ1n) is 4.75. The van der Waals surface area contributed by atoms with Crippen LogP contribution < -0.4 is 0 Å². The van der Waals surface area contributed by atoms with E-state index >= 15 is 0 Å². The summed E-state index contributed by atoms with van der Waals surface area (Å²) >= 11 is 0.994. The van der Waals surface area contributed by atoms with Gasteiger partial charge in [-0.2, -0.15) is 0 Å². The first-order valence-corrected chi connectivity index (χ1v) is 5.52. The predicted molar refractivity (Wildman–Crippen MR) is 59.5 cm³/mol. The molecule has 6 heteroatoms. The zero-order valence-corrected chi connectivity index (χ0v) is 9.20. The molecule has 0 aliphatic heterocycles. The van der Waals surface area contributed by atoms with Gasteiger partial charge >= 0.3 is 0 Å². The molecule has 2 aromatic heterocycles. The van der Waals surface area contributed by atoms with Gasteiger partial charge in [0.25, 0.3) is 0 Å². The first kappa shape index (κ1) is 10.1. The molecule has 0 bridgehead atoms. The van der Waals surface area contributed by atoms with Crippen molar-refractivity contribution >= 4 is 28.3 Å². The van der Waals surface area contributed by atoms with Gasteiger partial charge in [0.15, 0.2) is 5.76 Å². The Morgan fingerprint density at radius 2 is 2.24 bits per heavy atom. The average molecular weight is 248 g/mol. The zero-order chi connectivity index (χ0) is 11.8. The topological polar surface area (TPSA) is 56.0 Å². The Balaban J connectivity index is 2.09. The SMILES string of the molecule is O=C(c1cc2cc(F)ccc2o1)c1cnns1. The summed E-state index contributed by atoms with van der Waals surface area (Å²) in [5.74, 6) is -0.495. The molecule has 0 unspecified atom stereocenters. The van der Waals surface area contributed by atoms with Gasteiger partial charge in [0.2, 0.25) is 5.78 Å². The lowest BCUT2D eigenvalue weighted by atomic mass is 10.2. The Morgan fingerprint density at radius 3 is 3.00 bits per heavy atom. The molecule has 0 atom stereocenters. The van der Waals surface area contributed by atoms with E-state index < -0.39 is 0 Å². The van der Waals surface area contributed by atoms with Crippen molar-refractivity contribution in [2.24, 2.45) is 0 Å². The number of hydrogen-bond donors (Lipinski definition) is 0. The van der Waals surface area contributed by atoms with Gasteiger partial charge in [-0.05, 0) is 35.8 Å². The second-order valence-electron chi connectivity index (χ2n) is 3.40. The smallest absolute Gasteiger partial charge is 0.241 e. The van der Waals surface area contributed by atoms with Gasteiger partial charge in [-0.1, -0.05) is 4.49 Å². The summed E-state index contributed by atoms with van der Waals surface area (Å²) in [5, 5.41) is 4.14. The minimum absolute atomic E-state index is 0.164. The van der Waals surface area contributed by atoms with Crippen molar-refractivity contribution in [3.63, 3.8) is 0 Å². The molecule has 0 N–H and O–H groups in total. The van der Waals surface area contributed by atoms with E-state index in [0.717, 1.165) is 11.5 Å². The van der Waals surface area contributed by atoms with Gasteiger partial charge in [0.05, 0.1) is 6.20 Å². The Labute approximate surface area is 98.8 Å². The van der Waals surface area contributed by atoms with E-state index in [1.165, 1.54) is 30.5 Å². The molecule has 84 valence electrons. The largest absolute Gasteiger partial charge is 0.453 e. The zero-order valence-electron chi connectivity index (χ0n) is 8.38. The van der Waals surface area contributed by atoms with Crippen LogP contribution >= 0.6 is 11.5 Å². The van der Waals surface area contributed by atoms with E-state index in [9.17, 15) is 9.18 Å². The Kier molecular flexibility index (Phi) is 2.22. The number of nitrogens with zero attached hydrogens (tertiary/aromatic N) is 2. The molecule has 0 saturated heterocycles. The molecule has 0 amide bonds. The molecular formula is C11H5FN2O2S. The summed E-state index contributed by atoms with van der Waals surface area (Å²) in [6, 6.07) is 5.61. The molecule has 3 rings (SSSR count). The second-order valence-corrected chi connectivity index (χ2v) is 4.19. The highest BCUT2D eigenvalue weighted by Gasteiger charge is 2.16. The maximum absolute atomic E-state index is 13.0. The maximum Gasteiger partial charge on any atom is 0.241 e. The van der Waals surface area contributed by atoms with Gasteiger partial charge in [-0.3, -0.25) is 4.79 Å². The molecule has 4 nitrogen and oxygen atoms in total. The number of fused-ring (bicyclic) bond motifs is 1. The minimum atomic E-state index is -0.364. The van der Waals surface area contributed by atoms with Crippen LogP contribution in [0.15, 0.2) is 34.9 Å². The number of ketones is 1. The first-order chi connectivity index (χ1) is 8.24. The number of carbonyl (C=O) groups excluding carboxylic acids is 1. The van der Waals surface area contributed by atoms with Crippen molar-refractivity contribution in [1.82, 2.24) is 9.59 Å². The summed E-state index contributed by atoms with van der Waals surface area (Å²) in [6.45, 7) is 0. The van der Waals surface area contributed by atoms with Crippen LogP contribution in [0.1, 0.15) is 15.4 Å². The lowest BCUT2D eigenvalue weighted by molar-refractivity contribution is 0.101. The minimum Gasteiger partial charge on any atom is -0.453 e. The van der Waals surface area contributed by atoms with Crippen molar-refractivity contribution in [2.45, 2.75) is 0 Å². The number of carbonyl (C=O) groups is 1. The van der Waals surface area contributed by atoms with Crippen LogP contribution in [0.3, 0.4) is 0 Å². The van der Waals surface area contributed by atoms with Crippen LogP contribution in [-0.2, 0) is 0 Å². The Morgan fingerprint density at radius 1 is 1.35 bits per heavy atom. The van der Waals surface area contributed by atoms with E-state index in [4.69, 9.17) is 4.42 Å². The number of halogens is 1. The number of benzene rings is 1. The molecule has 0 aliphatic carbocycles. The van der Waals surface area contributed by atoms with Crippen molar-refractivity contribution in [3.05, 3.63) is 46.9 Å². The fourth-order valence-corrected chi connectivity index (χ4v) is 1.97. The third-order valence-corrected chi connectivity index (χ3v) is 2.95. The van der Waals surface area contributed by atoms with Crippen LogP contribution in [0.5, 0.6) is 0 Å². The summed E-state index contributed by atoms with van der Waals surface area (Å²) in [6.07, 6.45) is 1.38. The van der Waals surface area contributed by atoms with E-state index in [1.807, 2.05) is 0 Å². The molecule has 0 fully saturated rings. The highest BCUT2D eigenvalue weighted by molar-refractivity contribution is 7.08. The van der Waals surface area contributed by atoms with Crippen molar-refractivity contribution < 1.29 is 13.6 Å². The van der Waals surface area contributed by atoms with Crippen LogP contribution in [0.25, 0.3) is 11.0 Å². The molecular weight excluding hydrogens is 243 g/mol. The third kappa shape index (κ3) is 1.72. The van der Waals surface area contributed by atoms with Gasteiger partial charge in [0, 0.05) is 5.39 Å². The van der Waals surface area contributed by atoms with Crippen LogP contribution in [0.4, 0.5) is 4.39 Å². The average Bonchev–Trinajstić information content (AvgIpc) is 2.96. The standard InChI is InChI=1S/C11H5FN2O2S/c12-7-1-2-8-6(3-7)4-9(16-8)11(15)10-5-13-14-17-10/h1-5H. The maximum atomic E-state index is 13.0. The fraction of sp³-hybridized carbons (Fsp3) is 0. The van der Waals surface area contributed by atoms with Gasteiger partial charge < -0.3 is 4.42 Å². The summed E-state index contributed by atoms with van der Waals surface area (Å²) in [4.78, 5) is 12.3. The van der Waals surface area contributed by atoms with Gasteiger partial charge in [-0.15, -0.1) is 5.10 Å². The lowest BCUT2D eigenvalue weighted by Crippen LogP contribution is -1.95. The van der Waals surface area contributed by atoms with E-state index in [0.29, 0.717) is 15.8 Å². The highest BCUT2D eigenvalue weighted by atomic mass is 32.1. The molecule has 0 saturated carbocycles. The number of furan rings is 1. The van der Waals surface area contributed by atoms with Crippen LogP contribution in [0.2, 0.25) is 0 Å². The molecule has 1 aromatic carbocycles. The highest BCUT2D eigenvalue weighted by Crippen LogP contribution is 2.22. The van der Waals surface area contributed by atoms with Crippen LogP contribution in [0, 0.1) is 5.82 Å². The number of rotatable bonds is 2. The fourth-order valence-electron chi connectivity index (χ4n) is 1.51. The second kappa shape index (κ2) is 3.74. The lowest BCUT2D eigenvalue weighted by Gasteiger charge is -1.88. The van der Waals surface area contributed by atoms with Crippen molar-refractivity contribution in [3.8, 4) is 0 Å². The molecule has 2 heterocycles. The quantitative estimate of drug-likeness (QED) is 0.654. The molecule has 0 radical (unpaired) electrons. The summed E-state index contributed by atoms with van der Waals surface area (Å²) < 4.78 is 21.9. The van der Waals surface area contributed by atoms with E-state index in [1.54, 1.807) is 0 Å². The molecule has 0 spiro atoms. The number of aromatic nitrogens is 2. The van der Waals surface area contributed by atoms with Crippen LogP contribution in [-0.4, -0.2) is 15.4 Å². The summed E-state index contributed by atoms with van der Waals surface area (Å²) in [5.41, 5.74) is 0.479. The van der Waals surface area contributed by atoms with E-state index in [-0.39, 0.29) is 17.4 Å².